The molecule has 1 heterocycles. The highest BCUT2D eigenvalue weighted by atomic mass is 16.5. The quantitative estimate of drug-likeness (QED) is 0.842. The van der Waals surface area contributed by atoms with Gasteiger partial charge in [-0.2, -0.15) is 0 Å². The molecule has 1 aliphatic heterocycles. The van der Waals surface area contributed by atoms with Crippen molar-refractivity contribution in [2.45, 2.75) is 26.7 Å². The van der Waals surface area contributed by atoms with Gasteiger partial charge in [0.1, 0.15) is 12.4 Å². The summed E-state index contributed by atoms with van der Waals surface area (Å²) in [6, 6.07) is 16.1. The molecular weight excluding hydrogens is 348 g/mol. The van der Waals surface area contributed by atoms with E-state index in [9.17, 15) is 4.79 Å². The van der Waals surface area contributed by atoms with Crippen LogP contribution < -0.4 is 10.1 Å². The third-order valence-electron chi connectivity index (χ3n) is 5.09. The zero-order valence-electron chi connectivity index (χ0n) is 16.9. The van der Waals surface area contributed by atoms with E-state index in [1.165, 1.54) is 0 Å². The minimum atomic E-state index is 0. The molecule has 1 N–H and O–H groups in total. The van der Waals surface area contributed by atoms with Crippen molar-refractivity contribution in [2.24, 2.45) is 0 Å². The van der Waals surface area contributed by atoms with Gasteiger partial charge in [-0.15, -0.1) is 0 Å². The second-order valence-electron chi connectivity index (χ2n) is 6.91. The summed E-state index contributed by atoms with van der Waals surface area (Å²) < 4.78 is 6.04. The van der Waals surface area contributed by atoms with Crippen molar-refractivity contribution < 1.29 is 11.0 Å². The predicted octanol–water partition coefficient (Wildman–Crippen LogP) is 4.61. The Morgan fingerprint density at radius 3 is 2.75 bits per heavy atom. The van der Waals surface area contributed by atoms with Crippen molar-refractivity contribution in [3.05, 3.63) is 71.3 Å². The molecule has 0 atom stereocenters. The average Bonchev–Trinajstić information content (AvgIpc) is 2.78. The Kier molecular flexibility index (Phi) is 7.26. The largest absolute Gasteiger partial charge is 0.492 e. The first-order valence-corrected chi connectivity index (χ1v) is 10.3. The molecule has 4 heteroatoms. The Hall–Kier alpha value is -2.59. The number of carbonyl (C=O) groups excluding carboxylic acids is 1. The standard InChI is InChI=1S/C24H30N2O2.H2/c1-3-26(4-2)24(27)20-11-9-10-19(18-20)21-12-7-8-15-25-16-17-28-23-14-6-5-13-22(21)23;/h5-6,9-14,18,25H,3-4,7-8,15-17H2,1-2H3;1H/b21-12-;. The van der Waals surface area contributed by atoms with E-state index >= 15 is 0 Å². The van der Waals surface area contributed by atoms with Crippen molar-refractivity contribution in [1.82, 2.24) is 10.2 Å². The van der Waals surface area contributed by atoms with Crippen LogP contribution in [0.15, 0.2) is 54.6 Å². The summed E-state index contributed by atoms with van der Waals surface area (Å²) in [5, 5.41) is 3.41. The van der Waals surface area contributed by atoms with Crippen LogP contribution >= 0.6 is 0 Å². The number of nitrogens with one attached hydrogen (secondary N) is 1. The van der Waals surface area contributed by atoms with Crippen molar-refractivity contribution in [2.75, 3.05) is 32.8 Å². The lowest BCUT2D eigenvalue weighted by atomic mass is 9.94. The first-order valence-electron chi connectivity index (χ1n) is 10.3. The Bertz CT molecular complexity index is 831. The van der Waals surface area contributed by atoms with Gasteiger partial charge in [0.2, 0.25) is 0 Å². The van der Waals surface area contributed by atoms with Gasteiger partial charge in [-0.3, -0.25) is 4.79 Å². The molecule has 0 spiro atoms. The summed E-state index contributed by atoms with van der Waals surface area (Å²) in [6.45, 7) is 7.92. The molecule has 0 saturated carbocycles. The summed E-state index contributed by atoms with van der Waals surface area (Å²) in [6.07, 6.45) is 4.32. The van der Waals surface area contributed by atoms with Crippen LogP contribution in [0.2, 0.25) is 0 Å². The van der Waals surface area contributed by atoms with E-state index in [1.54, 1.807) is 0 Å². The summed E-state index contributed by atoms with van der Waals surface area (Å²) in [5.74, 6) is 0.968. The van der Waals surface area contributed by atoms with Crippen LogP contribution in [0.25, 0.3) is 5.57 Å². The fourth-order valence-electron chi connectivity index (χ4n) is 3.54. The normalized spacial score (nSPS) is 16.7. The van der Waals surface area contributed by atoms with Gasteiger partial charge < -0.3 is 15.0 Å². The van der Waals surface area contributed by atoms with Gasteiger partial charge in [-0.25, -0.2) is 0 Å². The minimum Gasteiger partial charge on any atom is -0.492 e. The molecule has 0 bridgehead atoms. The molecule has 2 aromatic rings. The van der Waals surface area contributed by atoms with E-state index in [0.29, 0.717) is 19.7 Å². The molecule has 0 aliphatic carbocycles. The molecule has 2 aromatic carbocycles. The summed E-state index contributed by atoms with van der Waals surface area (Å²) in [7, 11) is 0. The summed E-state index contributed by atoms with van der Waals surface area (Å²) >= 11 is 0. The van der Waals surface area contributed by atoms with E-state index in [0.717, 1.165) is 53.9 Å². The van der Waals surface area contributed by atoms with E-state index in [1.807, 2.05) is 55.1 Å². The molecule has 28 heavy (non-hydrogen) atoms. The van der Waals surface area contributed by atoms with Gasteiger partial charge in [0.05, 0.1) is 0 Å². The summed E-state index contributed by atoms with van der Waals surface area (Å²) in [5.41, 5.74) is 4.00. The van der Waals surface area contributed by atoms with Crippen molar-refractivity contribution in [1.29, 1.82) is 0 Å². The topological polar surface area (TPSA) is 41.6 Å². The first-order chi connectivity index (χ1) is 13.7. The van der Waals surface area contributed by atoms with E-state index < -0.39 is 0 Å². The number of carbonyl (C=O) groups is 1. The van der Waals surface area contributed by atoms with E-state index in [-0.39, 0.29) is 7.33 Å². The third kappa shape index (κ3) is 4.82. The molecule has 1 aliphatic rings. The van der Waals surface area contributed by atoms with Crippen LogP contribution in [0.1, 0.15) is 49.6 Å². The number of fused-ring (bicyclic) bond motifs is 1. The predicted molar refractivity (Wildman–Crippen MR) is 117 cm³/mol. The smallest absolute Gasteiger partial charge is 0.253 e. The van der Waals surface area contributed by atoms with Crippen molar-refractivity contribution >= 4 is 11.5 Å². The number of para-hydroxylation sites is 1. The highest BCUT2D eigenvalue weighted by Gasteiger charge is 2.16. The van der Waals surface area contributed by atoms with Crippen LogP contribution in [0, 0.1) is 0 Å². The maximum Gasteiger partial charge on any atom is 0.253 e. The second-order valence-corrected chi connectivity index (χ2v) is 6.91. The Balaban J connectivity index is 0.00000300. The van der Waals surface area contributed by atoms with Gasteiger partial charge >= 0.3 is 0 Å². The monoisotopic (exact) mass is 380 g/mol. The Labute approximate surface area is 169 Å². The highest BCUT2D eigenvalue weighted by molar-refractivity contribution is 5.96. The van der Waals surface area contributed by atoms with E-state index in [2.05, 4.69) is 23.5 Å². The van der Waals surface area contributed by atoms with Gasteiger partial charge in [-0.1, -0.05) is 36.4 Å². The molecule has 0 fully saturated rings. The fraction of sp³-hybridized carbons (Fsp3) is 0.375. The molecule has 3 rings (SSSR count). The number of benzene rings is 2. The molecule has 0 radical (unpaired) electrons. The molecule has 0 aromatic heterocycles. The van der Waals surface area contributed by atoms with Crippen LogP contribution in [0.4, 0.5) is 0 Å². The number of hydrogen-bond donors (Lipinski definition) is 1. The lowest BCUT2D eigenvalue weighted by Crippen LogP contribution is -2.30. The molecular formula is C24H32N2O2. The van der Waals surface area contributed by atoms with Crippen LogP contribution in [0.5, 0.6) is 5.75 Å². The number of amides is 1. The maximum absolute atomic E-state index is 12.8. The van der Waals surface area contributed by atoms with Gasteiger partial charge in [0.15, 0.2) is 0 Å². The molecule has 0 unspecified atom stereocenters. The van der Waals surface area contributed by atoms with Crippen LogP contribution in [0.3, 0.4) is 0 Å². The first kappa shape index (κ1) is 20.2. The van der Waals surface area contributed by atoms with Gasteiger partial charge in [0, 0.05) is 32.2 Å². The number of allylic oxidation sites excluding steroid dienone is 1. The maximum atomic E-state index is 12.8. The van der Waals surface area contributed by atoms with Gasteiger partial charge in [-0.05, 0) is 62.6 Å². The van der Waals surface area contributed by atoms with Crippen LogP contribution in [-0.2, 0) is 0 Å². The third-order valence-corrected chi connectivity index (χ3v) is 5.09. The summed E-state index contributed by atoms with van der Waals surface area (Å²) in [4.78, 5) is 14.7. The van der Waals surface area contributed by atoms with Crippen molar-refractivity contribution in [3.63, 3.8) is 0 Å². The van der Waals surface area contributed by atoms with Crippen molar-refractivity contribution in [3.8, 4) is 5.75 Å². The van der Waals surface area contributed by atoms with Gasteiger partial charge in [0.25, 0.3) is 5.91 Å². The van der Waals surface area contributed by atoms with E-state index in [4.69, 9.17) is 4.74 Å². The zero-order valence-corrected chi connectivity index (χ0v) is 16.9. The zero-order chi connectivity index (χ0) is 19.8. The number of ether oxygens (including phenoxy) is 1. The number of hydrogen-bond acceptors (Lipinski definition) is 3. The second kappa shape index (κ2) is 10.1. The average molecular weight is 381 g/mol. The minimum absolute atomic E-state index is 0. The number of nitrogens with zero attached hydrogens (tertiary/aromatic N) is 1. The Morgan fingerprint density at radius 1 is 1.11 bits per heavy atom. The lowest BCUT2D eigenvalue weighted by Gasteiger charge is -2.19. The lowest BCUT2D eigenvalue weighted by molar-refractivity contribution is 0.0773. The molecule has 1 amide bonds. The highest BCUT2D eigenvalue weighted by Crippen LogP contribution is 2.32. The molecule has 4 nitrogen and oxygen atoms in total. The molecule has 0 saturated heterocycles. The number of rotatable bonds is 4. The molecule has 150 valence electrons. The fourth-order valence-corrected chi connectivity index (χ4v) is 3.54. The van der Waals surface area contributed by atoms with Crippen LogP contribution in [-0.4, -0.2) is 43.6 Å². The Morgan fingerprint density at radius 2 is 1.93 bits per heavy atom. The SMILES string of the molecule is CCN(CC)C(=O)c1cccc(/C2=C/CCCNCCOc3ccccc32)c1.[HH].